The molecule has 1 fully saturated rings. The highest BCUT2D eigenvalue weighted by Gasteiger charge is 2.25. The minimum atomic E-state index is 0. The largest absolute Gasteiger partial charge is 0.353 e. The van der Waals surface area contributed by atoms with Crippen molar-refractivity contribution < 1.29 is 0 Å². The van der Waals surface area contributed by atoms with Gasteiger partial charge in [-0.1, -0.05) is 41.9 Å². The van der Waals surface area contributed by atoms with E-state index in [1.54, 1.807) is 13.2 Å². The molecule has 1 aliphatic rings. The van der Waals surface area contributed by atoms with Crippen molar-refractivity contribution in [3.05, 3.63) is 77.2 Å². The number of nitrogens with one attached hydrogen (secondary N) is 2. The summed E-state index contributed by atoms with van der Waals surface area (Å²) in [5.41, 5.74) is 2.35. The summed E-state index contributed by atoms with van der Waals surface area (Å²) in [7, 11) is 1.79. The second kappa shape index (κ2) is 11.3. The number of aliphatic imine (C=N–C) groups is 1. The van der Waals surface area contributed by atoms with Crippen LogP contribution in [0, 0.1) is 0 Å². The molecule has 2 N–H and O–H groups in total. The van der Waals surface area contributed by atoms with Crippen LogP contribution in [0.2, 0.25) is 5.02 Å². The van der Waals surface area contributed by atoms with E-state index < -0.39 is 0 Å². The third-order valence-corrected chi connectivity index (χ3v) is 5.42. The number of rotatable bonds is 6. The molecule has 0 saturated carbocycles. The number of benzene rings is 1. The van der Waals surface area contributed by atoms with Crippen molar-refractivity contribution in [1.82, 2.24) is 25.4 Å². The van der Waals surface area contributed by atoms with E-state index in [1.165, 1.54) is 5.56 Å². The zero-order chi connectivity index (χ0) is 20.8. The van der Waals surface area contributed by atoms with E-state index in [-0.39, 0.29) is 30.0 Å². The maximum absolute atomic E-state index is 6.29. The van der Waals surface area contributed by atoms with E-state index in [0.717, 1.165) is 43.4 Å². The topological polar surface area (TPSA) is 70.4 Å². The maximum atomic E-state index is 6.29. The lowest BCUT2D eigenvalue weighted by Crippen LogP contribution is -2.44. The molecule has 0 bridgehead atoms. The van der Waals surface area contributed by atoms with Crippen LogP contribution >= 0.6 is 35.6 Å². The quantitative estimate of drug-likeness (QED) is 0.279. The Labute approximate surface area is 204 Å². The number of anilines is 1. The monoisotopic (exact) mass is 551 g/mol. The molecule has 0 amide bonds. The van der Waals surface area contributed by atoms with Crippen molar-refractivity contribution in [2.45, 2.75) is 25.6 Å². The van der Waals surface area contributed by atoms with Gasteiger partial charge >= 0.3 is 0 Å². The van der Waals surface area contributed by atoms with Gasteiger partial charge in [-0.15, -0.1) is 24.0 Å². The minimum Gasteiger partial charge on any atom is -0.353 e. The van der Waals surface area contributed by atoms with Gasteiger partial charge in [-0.05, 0) is 24.1 Å². The molecule has 1 atom stereocenters. The van der Waals surface area contributed by atoms with Crippen molar-refractivity contribution >= 4 is 47.4 Å². The van der Waals surface area contributed by atoms with Crippen molar-refractivity contribution in [3.63, 3.8) is 0 Å². The Kier molecular flexibility index (Phi) is 8.53. The second-order valence-corrected chi connectivity index (χ2v) is 7.75. The average Bonchev–Trinajstić information content (AvgIpc) is 3.42. The van der Waals surface area contributed by atoms with Crippen molar-refractivity contribution in [2.24, 2.45) is 4.99 Å². The first-order valence-electron chi connectivity index (χ1n) is 10.1. The van der Waals surface area contributed by atoms with Crippen LogP contribution in [-0.4, -0.2) is 46.9 Å². The van der Waals surface area contributed by atoms with Gasteiger partial charge in [0.25, 0.3) is 0 Å². The molecule has 1 unspecified atom stereocenters. The first-order chi connectivity index (χ1) is 14.7. The van der Waals surface area contributed by atoms with Crippen LogP contribution < -0.4 is 15.5 Å². The SMILES string of the molecule is CN=C(NCc1cnn(Cc2ccccc2)c1)NC1CCN(c2ncccc2Cl)C1.I. The zero-order valence-electron chi connectivity index (χ0n) is 17.4. The standard InChI is InChI=1S/C22H26ClN7.HI/c1-24-22(28-19-9-11-29(16-19)21-20(23)8-5-10-25-21)26-12-18-13-27-30(15-18)14-17-6-3-2-4-7-17;/h2-8,10,13,15,19H,9,11-12,14,16H2,1H3,(H2,24,26,28);1H. The summed E-state index contributed by atoms with van der Waals surface area (Å²) in [6, 6.07) is 14.3. The number of guanidine groups is 1. The van der Waals surface area contributed by atoms with Crippen LogP contribution in [0.5, 0.6) is 0 Å². The van der Waals surface area contributed by atoms with E-state index in [0.29, 0.717) is 11.6 Å². The van der Waals surface area contributed by atoms with E-state index in [4.69, 9.17) is 11.6 Å². The first-order valence-corrected chi connectivity index (χ1v) is 10.5. The second-order valence-electron chi connectivity index (χ2n) is 7.34. The minimum absolute atomic E-state index is 0. The molecule has 7 nitrogen and oxygen atoms in total. The Morgan fingerprint density at radius 1 is 1.19 bits per heavy atom. The maximum Gasteiger partial charge on any atom is 0.191 e. The molecule has 1 saturated heterocycles. The highest BCUT2D eigenvalue weighted by molar-refractivity contribution is 14.0. The summed E-state index contributed by atoms with van der Waals surface area (Å²) < 4.78 is 1.95. The molecule has 3 heterocycles. The number of nitrogens with zero attached hydrogens (tertiary/aromatic N) is 5. The van der Waals surface area contributed by atoms with Gasteiger partial charge in [0.05, 0.1) is 17.8 Å². The molecule has 9 heteroatoms. The van der Waals surface area contributed by atoms with Gasteiger partial charge in [0, 0.05) is 50.7 Å². The molecule has 31 heavy (non-hydrogen) atoms. The van der Waals surface area contributed by atoms with Crippen molar-refractivity contribution in [3.8, 4) is 0 Å². The van der Waals surface area contributed by atoms with Crippen LogP contribution in [0.3, 0.4) is 0 Å². The molecule has 3 aromatic rings. The predicted octanol–water partition coefficient (Wildman–Crippen LogP) is 3.54. The van der Waals surface area contributed by atoms with Crippen LogP contribution in [0.4, 0.5) is 5.82 Å². The molecule has 2 aromatic heterocycles. The molecule has 0 radical (unpaired) electrons. The van der Waals surface area contributed by atoms with Gasteiger partial charge in [0.2, 0.25) is 0 Å². The molecule has 0 aliphatic carbocycles. The van der Waals surface area contributed by atoms with E-state index >= 15 is 0 Å². The van der Waals surface area contributed by atoms with Gasteiger partial charge in [-0.25, -0.2) is 4.98 Å². The summed E-state index contributed by atoms with van der Waals surface area (Å²) in [4.78, 5) is 11.0. The number of hydrogen-bond acceptors (Lipinski definition) is 4. The van der Waals surface area contributed by atoms with E-state index in [2.05, 4.69) is 48.9 Å². The Balaban J connectivity index is 0.00000272. The van der Waals surface area contributed by atoms with Gasteiger partial charge in [-0.2, -0.15) is 5.10 Å². The summed E-state index contributed by atoms with van der Waals surface area (Å²) in [6.45, 7) is 3.18. The average molecular weight is 552 g/mol. The lowest BCUT2D eigenvalue weighted by molar-refractivity contribution is 0.648. The fourth-order valence-electron chi connectivity index (χ4n) is 3.61. The summed E-state index contributed by atoms with van der Waals surface area (Å²) in [5, 5.41) is 12.0. The fraction of sp³-hybridized carbons (Fsp3) is 0.318. The smallest absolute Gasteiger partial charge is 0.191 e. The van der Waals surface area contributed by atoms with Crippen LogP contribution in [-0.2, 0) is 13.1 Å². The molecular formula is C22H27ClIN7. The number of halogens is 2. The zero-order valence-corrected chi connectivity index (χ0v) is 20.5. The molecule has 164 valence electrons. The van der Waals surface area contributed by atoms with Crippen molar-refractivity contribution in [1.29, 1.82) is 0 Å². The fourth-order valence-corrected chi connectivity index (χ4v) is 3.85. The Bertz CT molecular complexity index is 992. The predicted molar refractivity (Wildman–Crippen MR) is 136 cm³/mol. The van der Waals surface area contributed by atoms with Gasteiger partial charge in [-0.3, -0.25) is 9.67 Å². The molecule has 0 spiro atoms. The number of pyridine rings is 1. The van der Waals surface area contributed by atoms with Gasteiger partial charge in [0.1, 0.15) is 5.82 Å². The van der Waals surface area contributed by atoms with Crippen LogP contribution in [0.15, 0.2) is 66.0 Å². The third kappa shape index (κ3) is 6.33. The normalized spacial score (nSPS) is 16.1. The summed E-state index contributed by atoms with van der Waals surface area (Å²) >= 11 is 6.29. The van der Waals surface area contributed by atoms with Crippen molar-refractivity contribution in [2.75, 3.05) is 25.0 Å². The van der Waals surface area contributed by atoms with Gasteiger partial charge < -0.3 is 15.5 Å². The molecule has 4 rings (SSSR count). The van der Waals surface area contributed by atoms with Crippen LogP contribution in [0.1, 0.15) is 17.5 Å². The van der Waals surface area contributed by atoms with Crippen LogP contribution in [0.25, 0.3) is 0 Å². The highest BCUT2D eigenvalue weighted by atomic mass is 127. The lowest BCUT2D eigenvalue weighted by atomic mass is 10.2. The Hall–Kier alpha value is -2.33. The first kappa shape index (κ1) is 23.3. The highest BCUT2D eigenvalue weighted by Crippen LogP contribution is 2.25. The third-order valence-electron chi connectivity index (χ3n) is 5.13. The van der Waals surface area contributed by atoms with Gasteiger partial charge in [0.15, 0.2) is 5.96 Å². The summed E-state index contributed by atoms with van der Waals surface area (Å²) in [6.07, 6.45) is 6.74. The molecule has 1 aromatic carbocycles. The van der Waals surface area contributed by atoms with E-state index in [9.17, 15) is 0 Å². The Morgan fingerprint density at radius 2 is 2.03 bits per heavy atom. The number of aromatic nitrogens is 3. The lowest BCUT2D eigenvalue weighted by Gasteiger charge is -2.20. The van der Waals surface area contributed by atoms with E-state index in [1.807, 2.05) is 41.2 Å². The summed E-state index contributed by atoms with van der Waals surface area (Å²) in [5.74, 6) is 1.63. The molecular weight excluding hydrogens is 525 g/mol. The Morgan fingerprint density at radius 3 is 2.81 bits per heavy atom. The molecule has 1 aliphatic heterocycles. The number of hydrogen-bond donors (Lipinski definition) is 2.